The minimum atomic E-state index is -3.63. The van der Waals surface area contributed by atoms with Crippen molar-refractivity contribution in [1.29, 1.82) is 0 Å². The van der Waals surface area contributed by atoms with E-state index < -0.39 is 10.1 Å². The van der Waals surface area contributed by atoms with Crippen LogP contribution < -0.4 is 8.92 Å². The van der Waals surface area contributed by atoms with Crippen LogP contribution in [0.5, 0.6) is 11.5 Å². The molecule has 23 heavy (non-hydrogen) atoms. The van der Waals surface area contributed by atoms with Crippen LogP contribution in [0.3, 0.4) is 0 Å². The van der Waals surface area contributed by atoms with E-state index in [9.17, 15) is 13.2 Å². The monoisotopic (exact) mass is 330 g/mol. The fourth-order valence-corrected chi connectivity index (χ4v) is 2.66. The van der Waals surface area contributed by atoms with Crippen molar-refractivity contribution < 1.29 is 22.1 Å². The van der Waals surface area contributed by atoms with E-state index in [4.69, 9.17) is 8.92 Å². The Balaban J connectivity index is 1.91. The molecule has 0 amide bonds. The van der Waals surface area contributed by atoms with Crippen molar-refractivity contribution in [3.8, 4) is 11.5 Å². The molecule has 0 bridgehead atoms. The number of benzene rings is 2. The Morgan fingerprint density at radius 2 is 1.78 bits per heavy atom. The molecule has 118 valence electrons. The van der Waals surface area contributed by atoms with E-state index in [1.807, 2.05) is 31.2 Å². The minimum Gasteiger partial charge on any atom is -0.452 e. The summed E-state index contributed by atoms with van der Waals surface area (Å²) in [6, 6.07) is 12.0. The molecule has 0 radical (unpaired) electrons. The number of hydrogen-bond acceptors (Lipinski definition) is 5. The molecule has 0 aromatic heterocycles. The van der Waals surface area contributed by atoms with Gasteiger partial charge in [0.2, 0.25) is 5.78 Å². The van der Waals surface area contributed by atoms with Crippen LogP contribution in [0.1, 0.15) is 21.5 Å². The third kappa shape index (κ3) is 3.43. The minimum absolute atomic E-state index is 0.107. The molecule has 0 unspecified atom stereocenters. The zero-order chi connectivity index (χ0) is 16.6. The van der Waals surface area contributed by atoms with E-state index >= 15 is 0 Å². The fourth-order valence-electron chi connectivity index (χ4n) is 2.21. The second-order valence-corrected chi connectivity index (χ2v) is 6.87. The van der Waals surface area contributed by atoms with E-state index in [0.29, 0.717) is 5.56 Å². The average molecular weight is 330 g/mol. The SMILES string of the molecule is Cc1ccc(C=C2Oc3cc(OS(C)(=O)=O)ccc3C2=O)cc1. The summed E-state index contributed by atoms with van der Waals surface area (Å²) >= 11 is 0. The van der Waals surface area contributed by atoms with Crippen molar-refractivity contribution in [1.82, 2.24) is 0 Å². The molecule has 0 N–H and O–H groups in total. The normalized spacial score (nSPS) is 15.4. The smallest absolute Gasteiger partial charge is 0.306 e. The summed E-state index contributed by atoms with van der Waals surface area (Å²) < 4.78 is 32.6. The Morgan fingerprint density at radius 1 is 1.09 bits per heavy atom. The summed E-state index contributed by atoms with van der Waals surface area (Å²) in [6.45, 7) is 1.98. The lowest BCUT2D eigenvalue weighted by atomic mass is 10.1. The van der Waals surface area contributed by atoms with E-state index in [0.717, 1.165) is 17.4 Å². The third-order valence-corrected chi connectivity index (χ3v) is 3.76. The summed E-state index contributed by atoms with van der Waals surface area (Å²) in [5, 5.41) is 0. The molecular formula is C17H14O5S. The van der Waals surface area contributed by atoms with Gasteiger partial charge >= 0.3 is 10.1 Å². The molecule has 1 aliphatic heterocycles. The highest BCUT2D eigenvalue weighted by molar-refractivity contribution is 7.86. The summed E-state index contributed by atoms with van der Waals surface area (Å²) in [6.07, 6.45) is 2.60. The van der Waals surface area contributed by atoms with Crippen molar-refractivity contribution in [2.24, 2.45) is 0 Å². The molecule has 2 aromatic carbocycles. The Kier molecular flexibility index (Phi) is 3.69. The number of fused-ring (bicyclic) bond motifs is 1. The second kappa shape index (κ2) is 5.55. The predicted octanol–water partition coefficient (Wildman–Crippen LogP) is 2.95. The van der Waals surface area contributed by atoms with Gasteiger partial charge in [-0.25, -0.2) is 0 Å². The molecule has 1 heterocycles. The van der Waals surface area contributed by atoms with Crippen molar-refractivity contribution in [2.45, 2.75) is 6.92 Å². The molecule has 5 nitrogen and oxygen atoms in total. The summed E-state index contributed by atoms with van der Waals surface area (Å²) in [5.74, 6) is 0.344. The molecule has 0 fully saturated rings. The molecule has 1 aliphatic rings. The Labute approximate surface area is 134 Å². The Morgan fingerprint density at radius 3 is 2.43 bits per heavy atom. The number of rotatable bonds is 3. The van der Waals surface area contributed by atoms with Crippen LogP contribution in [0.15, 0.2) is 48.2 Å². The van der Waals surface area contributed by atoms with Gasteiger partial charge in [-0.1, -0.05) is 29.8 Å². The van der Waals surface area contributed by atoms with Gasteiger partial charge in [-0.3, -0.25) is 4.79 Å². The average Bonchev–Trinajstić information content (AvgIpc) is 2.76. The van der Waals surface area contributed by atoms with Crippen LogP contribution in [-0.4, -0.2) is 20.5 Å². The molecular weight excluding hydrogens is 316 g/mol. The van der Waals surface area contributed by atoms with Crippen LogP contribution in [0, 0.1) is 6.92 Å². The van der Waals surface area contributed by atoms with Crippen molar-refractivity contribution in [2.75, 3.05) is 6.26 Å². The fraction of sp³-hybridized carbons (Fsp3) is 0.118. The quantitative estimate of drug-likeness (QED) is 0.639. The summed E-state index contributed by atoms with van der Waals surface area (Å²) in [4.78, 5) is 12.3. The van der Waals surface area contributed by atoms with Gasteiger partial charge in [-0.15, -0.1) is 0 Å². The highest BCUT2D eigenvalue weighted by Gasteiger charge is 2.28. The van der Waals surface area contributed by atoms with Gasteiger partial charge in [-0.05, 0) is 30.7 Å². The number of aryl methyl sites for hydroxylation is 1. The molecule has 0 aliphatic carbocycles. The van der Waals surface area contributed by atoms with Gasteiger partial charge in [0.05, 0.1) is 11.8 Å². The van der Waals surface area contributed by atoms with Crippen molar-refractivity contribution in [3.05, 3.63) is 64.9 Å². The first-order valence-electron chi connectivity index (χ1n) is 6.86. The number of ether oxygens (including phenoxy) is 1. The standard InChI is InChI=1S/C17H14O5S/c1-11-3-5-12(6-4-11)9-16-17(18)14-8-7-13(10-15(14)21-16)22-23(2,19)20/h3-10H,1-2H3. The van der Waals surface area contributed by atoms with Gasteiger partial charge in [0, 0.05) is 6.07 Å². The van der Waals surface area contributed by atoms with Crippen molar-refractivity contribution >= 4 is 22.0 Å². The van der Waals surface area contributed by atoms with Gasteiger partial charge in [0.15, 0.2) is 5.76 Å². The maximum absolute atomic E-state index is 12.3. The lowest BCUT2D eigenvalue weighted by molar-refractivity contribution is 0.101. The molecule has 0 atom stereocenters. The maximum Gasteiger partial charge on any atom is 0.306 e. The largest absolute Gasteiger partial charge is 0.452 e. The molecule has 0 saturated carbocycles. The molecule has 6 heteroatoms. The van der Waals surface area contributed by atoms with E-state index in [-0.39, 0.29) is 23.0 Å². The number of Topliss-reactive ketones (excluding diaryl/α,β-unsaturated/α-hetero) is 1. The van der Waals surface area contributed by atoms with Crippen LogP contribution in [0.2, 0.25) is 0 Å². The Bertz CT molecular complexity index is 908. The van der Waals surface area contributed by atoms with Crippen LogP contribution >= 0.6 is 0 Å². The maximum atomic E-state index is 12.3. The zero-order valence-corrected chi connectivity index (χ0v) is 13.4. The summed E-state index contributed by atoms with van der Waals surface area (Å²) in [5.41, 5.74) is 2.35. The molecule has 2 aromatic rings. The zero-order valence-electron chi connectivity index (χ0n) is 12.6. The lowest BCUT2D eigenvalue weighted by Gasteiger charge is -2.04. The summed E-state index contributed by atoms with van der Waals surface area (Å²) in [7, 11) is -3.63. The highest BCUT2D eigenvalue weighted by Crippen LogP contribution is 2.35. The predicted molar refractivity (Wildman–Crippen MR) is 86.0 cm³/mol. The highest BCUT2D eigenvalue weighted by atomic mass is 32.2. The first-order valence-corrected chi connectivity index (χ1v) is 8.68. The van der Waals surface area contributed by atoms with E-state index in [2.05, 4.69) is 0 Å². The number of hydrogen-bond donors (Lipinski definition) is 0. The molecule has 3 rings (SSSR count). The number of carbonyl (C=O) groups excluding carboxylic acids is 1. The van der Waals surface area contributed by atoms with Gasteiger partial charge < -0.3 is 8.92 Å². The lowest BCUT2D eigenvalue weighted by Crippen LogP contribution is -2.05. The number of allylic oxidation sites excluding steroid dienone is 1. The van der Waals surface area contributed by atoms with Crippen molar-refractivity contribution in [3.63, 3.8) is 0 Å². The van der Waals surface area contributed by atoms with E-state index in [1.54, 1.807) is 6.08 Å². The van der Waals surface area contributed by atoms with Gasteiger partial charge in [0.25, 0.3) is 0 Å². The second-order valence-electron chi connectivity index (χ2n) is 5.30. The third-order valence-electron chi connectivity index (χ3n) is 3.26. The first-order chi connectivity index (χ1) is 10.8. The van der Waals surface area contributed by atoms with Crippen LogP contribution in [-0.2, 0) is 10.1 Å². The topological polar surface area (TPSA) is 69.7 Å². The molecule has 0 spiro atoms. The van der Waals surface area contributed by atoms with Crippen LogP contribution in [0.4, 0.5) is 0 Å². The van der Waals surface area contributed by atoms with Crippen LogP contribution in [0.25, 0.3) is 6.08 Å². The Hall–Kier alpha value is -2.60. The van der Waals surface area contributed by atoms with E-state index in [1.165, 1.54) is 18.2 Å². The number of carbonyl (C=O) groups is 1. The van der Waals surface area contributed by atoms with Gasteiger partial charge in [0.1, 0.15) is 11.5 Å². The number of ketones is 1. The first kappa shape index (κ1) is 15.3. The molecule has 0 saturated heterocycles. The van der Waals surface area contributed by atoms with Gasteiger partial charge in [-0.2, -0.15) is 8.42 Å².